The highest BCUT2D eigenvalue weighted by Crippen LogP contribution is 2.18. The second-order valence-corrected chi connectivity index (χ2v) is 3.28. The molecule has 0 unspecified atom stereocenters. The smallest absolute Gasteiger partial charge is 0.340 e. The van der Waals surface area contributed by atoms with Crippen molar-refractivity contribution in [3.63, 3.8) is 0 Å². The molecule has 0 N–H and O–H groups in total. The van der Waals surface area contributed by atoms with E-state index in [0.29, 0.717) is 5.69 Å². The van der Waals surface area contributed by atoms with Crippen LogP contribution in [0.1, 0.15) is 10.4 Å². The van der Waals surface area contributed by atoms with E-state index in [1.807, 2.05) is 0 Å². The van der Waals surface area contributed by atoms with Crippen LogP contribution in [0.5, 0.6) is 0 Å². The molecule has 5 heteroatoms. The largest absolute Gasteiger partial charge is 0.465 e. The quantitative estimate of drug-likeness (QED) is 0.521. The average molecular weight is 207 g/mol. The van der Waals surface area contributed by atoms with Gasteiger partial charge in [-0.15, -0.1) is 0 Å². The third-order valence-corrected chi connectivity index (χ3v) is 2.00. The molecule has 0 amide bonds. The lowest BCUT2D eigenvalue weighted by Crippen LogP contribution is -2.20. The summed E-state index contributed by atoms with van der Waals surface area (Å²) in [6, 6.07) is 2.48. The summed E-state index contributed by atoms with van der Waals surface area (Å²) in [5.41, 5.74) is 0.696. The van der Waals surface area contributed by atoms with Crippen LogP contribution in [0.3, 0.4) is 0 Å². The number of benzene rings is 1. The van der Waals surface area contributed by atoms with Gasteiger partial charge in [0.25, 0.3) is 0 Å². The van der Waals surface area contributed by atoms with Crippen LogP contribution in [0.4, 0.5) is 10.1 Å². The van der Waals surface area contributed by atoms with Crippen molar-refractivity contribution in [1.82, 2.24) is 0 Å². The zero-order valence-electron chi connectivity index (χ0n) is 8.87. The second kappa shape index (κ2) is 4.34. The standard InChI is InChI=1S/C10H11BFNO2/c1-13(2)9-5-7(11)8(12)4-6(9)10(14)15-3/h4-5H,1-3H3. The van der Waals surface area contributed by atoms with E-state index in [9.17, 15) is 9.18 Å². The number of halogens is 1. The molecule has 0 aromatic heterocycles. The highest BCUT2D eigenvalue weighted by Gasteiger charge is 2.15. The normalized spacial score (nSPS) is 9.87. The molecule has 0 saturated carbocycles. The topological polar surface area (TPSA) is 29.5 Å². The number of hydrogen-bond donors (Lipinski definition) is 0. The lowest BCUT2D eigenvalue weighted by molar-refractivity contribution is 0.0601. The minimum absolute atomic E-state index is 0.00588. The predicted octanol–water partition coefficient (Wildman–Crippen LogP) is 0.472. The van der Waals surface area contributed by atoms with Crippen LogP contribution < -0.4 is 10.4 Å². The van der Waals surface area contributed by atoms with Gasteiger partial charge in [0, 0.05) is 14.1 Å². The van der Waals surface area contributed by atoms with Crippen molar-refractivity contribution in [1.29, 1.82) is 0 Å². The molecule has 2 radical (unpaired) electrons. The fourth-order valence-corrected chi connectivity index (χ4v) is 1.22. The summed E-state index contributed by atoms with van der Waals surface area (Å²) in [4.78, 5) is 13.0. The Balaban J connectivity index is 3.34. The molecule has 0 bridgehead atoms. The Hall–Kier alpha value is -1.52. The summed E-state index contributed by atoms with van der Waals surface area (Å²) in [7, 11) is 10.1. The van der Waals surface area contributed by atoms with E-state index in [4.69, 9.17) is 7.85 Å². The van der Waals surface area contributed by atoms with Gasteiger partial charge in [-0.3, -0.25) is 0 Å². The van der Waals surface area contributed by atoms with Crippen LogP contribution in [0.25, 0.3) is 0 Å². The van der Waals surface area contributed by atoms with Crippen molar-refractivity contribution in [2.24, 2.45) is 0 Å². The van der Waals surface area contributed by atoms with E-state index < -0.39 is 11.8 Å². The van der Waals surface area contributed by atoms with Crippen LogP contribution in [0.2, 0.25) is 0 Å². The fourth-order valence-electron chi connectivity index (χ4n) is 1.22. The van der Waals surface area contributed by atoms with E-state index in [2.05, 4.69) is 4.74 Å². The molecule has 3 nitrogen and oxygen atoms in total. The molecule has 1 aromatic rings. The van der Waals surface area contributed by atoms with Crippen molar-refractivity contribution >= 4 is 25.0 Å². The average Bonchev–Trinajstić information content (AvgIpc) is 2.20. The first-order valence-corrected chi connectivity index (χ1v) is 4.32. The molecule has 15 heavy (non-hydrogen) atoms. The van der Waals surface area contributed by atoms with Gasteiger partial charge in [-0.05, 0) is 12.1 Å². The zero-order chi connectivity index (χ0) is 11.6. The maximum atomic E-state index is 13.2. The van der Waals surface area contributed by atoms with Gasteiger partial charge in [0.05, 0.1) is 18.4 Å². The fraction of sp³-hybridized carbons (Fsp3) is 0.300. The predicted molar refractivity (Wildman–Crippen MR) is 57.5 cm³/mol. The molecule has 0 aliphatic heterocycles. The maximum Gasteiger partial charge on any atom is 0.340 e. The van der Waals surface area contributed by atoms with E-state index >= 15 is 0 Å². The molecule has 0 atom stereocenters. The molecule has 0 aliphatic carbocycles. The van der Waals surface area contributed by atoms with Gasteiger partial charge < -0.3 is 9.64 Å². The molecule has 1 rings (SSSR count). The van der Waals surface area contributed by atoms with Crippen LogP contribution in [-0.2, 0) is 4.74 Å². The van der Waals surface area contributed by atoms with E-state index in [1.165, 1.54) is 13.2 Å². The SMILES string of the molecule is [B]c1cc(N(C)C)c(C(=O)OC)cc1F. The van der Waals surface area contributed by atoms with Crippen molar-refractivity contribution in [3.05, 3.63) is 23.5 Å². The van der Waals surface area contributed by atoms with Gasteiger partial charge in [-0.2, -0.15) is 0 Å². The molecule has 0 aliphatic rings. The molecule has 0 fully saturated rings. The lowest BCUT2D eigenvalue weighted by Gasteiger charge is -2.17. The number of hydrogen-bond acceptors (Lipinski definition) is 3. The van der Waals surface area contributed by atoms with Crippen molar-refractivity contribution in [3.8, 4) is 0 Å². The number of carbonyl (C=O) groups is 1. The molecule has 0 heterocycles. The summed E-state index contributed by atoms with van der Waals surface area (Å²) in [6.07, 6.45) is 0. The van der Waals surface area contributed by atoms with Crippen molar-refractivity contribution in [2.45, 2.75) is 0 Å². The van der Waals surface area contributed by atoms with Crippen LogP contribution >= 0.6 is 0 Å². The van der Waals surface area contributed by atoms with Gasteiger partial charge in [0.2, 0.25) is 0 Å². The number of ether oxygens (including phenoxy) is 1. The van der Waals surface area contributed by atoms with Gasteiger partial charge in [0.1, 0.15) is 13.7 Å². The summed E-state index contributed by atoms with van der Waals surface area (Å²) in [5, 5.41) is 0. The minimum atomic E-state index is -0.624. The Labute approximate surface area is 89.2 Å². The summed E-state index contributed by atoms with van der Waals surface area (Å²) < 4.78 is 17.7. The van der Waals surface area contributed by atoms with Gasteiger partial charge >= 0.3 is 5.97 Å². The van der Waals surface area contributed by atoms with Crippen molar-refractivity contribution < 1.29 is 13.9 Å². The highest BCUT2D eigenvalue weighted by molar-refractivity contribution is 6.33. The number of carbonyl (C=O) groups excluding carboxylic acids is 1. The summed E-state index contributed by atoms with van der Waals surface area (Å²) in [5.74, 6) is -1.21. The Bertz CT molecular complexity index is 393. The first-order valence-electron chi connectivity index (χ1n) is 4.32. The summed E-state index contributed by atoms with van der Waals surface area (Å²) in [6.45, 7) is 0. The number of methoxy groups -OCH3 is 1. The second-order valence-electron chi connectivity index (χ2n) is 3.28. The maximum absolute atomic E-state index is 13.2. The number of esters is 1. The van der Waals surface area contributed by atoms with Gasteiger partial charge in [0.15, 0.2) is 0 Å². The highest BCUT2D eigenvalue weighted by atomic mass is 19.1. The molecule has 78 valence electrons. The van der Waals surface area contributed by atoms with Crippen molar-refractivity contribution in [2.75, 3.05) is 26.1 Å². The van der Waals surface area contributed by atoms with E-state index in [1.54, 1.807) is 19.0 Å². The first-order chi connectivity index (χ1) is 6.97. The molecule has 1 aromatic carbocycles. The molecular formula is C10H11BFNO2. The number of nitrogens with zero attached hydrogens (tertiary/aromatic N) is 1. The van der Waals surface area contributed by atoms with Crippen LogP contribution in [0.15, 0.2) is 12.1 Å². The Kier molecular flexibility index (Phi) is 3.34. The van der Waals surface area contributed by atoms with Gasteiger partial charge in [-0.25, -0.2) is 9.18 Å². The van der Waals surface area contributed by atoms with E-state index in [-0.39, 0.29) is 11.0 Å². The monoisotopic (exact) mass is 207 g/mol. The molecule has 0 saturated heterocycles. The minimum Gasteiger partial charge on any atom is -0.465 e. The number of anilines is 1. The Morgan fingerprint density at radius 1 is 1.47 bits per heavy atom. The lowest BCUT2D eigenvalue weighted by atomic mass is 9.93. The third-order valence-electron chi connectivity index (χ3n) is 2.00. The van der Waals surface area contributed by atoms with Crippen LogP contribution in [-0.4, -0.2) is 35.0 Å². The zero-order valence-corrected chi connectivity index (χ0v) is 8.87. The Morgan fingerprint density at radius 3 is 2.53 bits per heavy atom. The molecular weight excluding hydrogens is 196 g/mol. The summed E-state index contributed by atoms with van der Waals surface area (Å²) >= 11 is 0. The third kappa shape index (κ3) is 2.29. The van der Waals surface area contributed by atoms with Crippen LogP contribution in [0, 0.1) is 5.82 Å². The first kappa shape index (κ1) is 11.6. The number of rotatable bonds is 2. The van der Waals surface area contributed by atoms with E-state index in [0.717, 1.165) is 6.07 Å². The van der Waals surface area contributed by atoms with Gasteiger partial charge in [-0.1, -0.05) is 5.46 Å². The molecule has 0 spiro atoms. The Morgan fingerprint density at radius 2 is 2.07 bits per heavy atom.